The van der Waals surface area contributed by atoms with Crippen molar-refractivity contribution in [3.63, 3.8) is 0 Å². The molecule has 3 aromatic rings. The number of halogens is 2. The minimum Gasteiger partial charge on any atom is -0.486 e. The van der Waals surface area contributed by atoms with Crippen LogP contribution in [-0.2, 0) is 11.2 Å². The molecular formula is C25H25F2N3O5. The highest BCUT2D eigenvalue weighted by Gasteiger charge is 2.27. The van der Waals surface area contributed by atoms with Crippen molar-refractivity contribution in [3.8, 4) is 11.5 Å². The van der Waals surface area contributed by atoms with E-state index in [4.69, 9.17) is 15.2 Å². The van der Waals surface area contributed by atoms with Crippen LogP contribution in [-0.4, -0.2) is 47.7 Å². The zero-order chi connectivity index (χ0) is 24.9. The van der Waals surface area contributed by atoms with Crippen molar-refractivity contribution in [2.45, 2.75) is 25.0 Å². The summed E-state index contributed by atoms with van der Waals surface area (Å²) >= 11 is 0. The standard InChI is InChI=1S/C25H25F2N3O5/c26-18-5-4-15-9-14(1-3-16(15)10-18)2-6-20(30-33)25(32)29-21(13-28)23(31)17-11-19(27)24-22(12-17)34-7-8-35-24/h1,3-5,9-12,21,23,31,33H,2,6-8,13,28H2,(H,29,32)/b30-20+/t21-,23-/m1/s1. The van der Waals surface area contributed by atoms with Gasteiger partial charge in [-0.15, -0.1) is 0 Å². The first-order chi connectivity index (χ1) is 16.9. The number of nitrogens with zero attached hydrogens (tertiary/aromatic N) is 1. The van der Waals surface area contributed by atoms with E-state index in [0.717, 1.165) is 22.4 Å². The molecule has 1 aliphatic heterocycles. The van der Waals surface area contributed by atoms with E-state index >= 15 is 0 Å². The Morgan fingerprint density at radius 3 is 2.60 bits per heavy atom. The van der Waals surface area contributed by atoms with Gasteiger partial charge in [0.15, 0.2) is 17.3 Å². The highest BCUT2D eigenvalue weighted by Crippen LogP contribution is 2.36. The van der Waals surface area contributed by atoms with Crippen molar-refractivity contribution in [2.24, 2.45) is 10.9 Å². The van der Waals surface area contributed by atoms with Crippen LogP contribution in [0.15, 0.2) is 53.7 Å². The van der Waals surface area contributed by atoms with Gasteiger partial charge >= 0.3 is 0 Å². The van der Waals surface area contributed by atoms with Gasteiger partial charge in [0.1, 0.15) is 30.8 Å². The number of carbonyl (C=O) groups excluding carboxylic acids is 1. The van der Waals surface area contributed by atoms with Crippen LogP contribution in [0.2, 0.25) is 0 Å². The van der Waals surface area contributed by atoms with Gasteiger partial charge in [-0.2, -0.15) is 0 Å². The number of nitrogens with two attached hydrogens (primary N) is 1. The highest BCUT2D eigenvalue weighted by atomic mass is 19.1. The fourth-order valence-electron chi connectivity index (χ4n) is 3.95. The minimum absolute atomic E-state index is 0.0333. The molecule has 0 radical (unpaired) electrons. The number of hydrogen-bond donors (Lipinski definition) is 4. The first-order valence-electron chi connectivity index (χ1n) is 11.1. The third kappa shape index (κ3) is 5.50. The second-order valence-electron chi connectivity index (χ2n) is 8.16. The van der Waals surface area contributed by atoms with Gasteiger partial charge in [0.05, 0.1) is 6.04 Å². The summed E-state index contributed by atoms with van der Waals surface area (Å²) in [6.45, 7) is 0.296. The van der Waals surface area contributed by atoms with Crippen LogP contribution in [0.5, 0.6) is 11.5 Å². The van der Waals surface area contributed by atoms with Gasteiger partial charge in [-0.1, -0.05) is 29.4 Å². The smallest absolute Gasteiger partial charge is 0.269 e. The summed E-state index contributed by atoms with van der Waals surface area (Å²) in [4.78, 5) is 12.7. The molecule has 184 valence electrons. The van der Waals surface area contributed by atoms with Crippen molar-refractivity contribution >= 4 is 22.4 Å². The van der Waals surface area contributed by atoms with Crippen molar-refractivity contribution in [1.82, 2.24) is 5.32 Å². The Morgan fingerprint density at radius 1 is 1.09 bits per heavy atom. The summed E-state index contributed by atoms with van der Waals surface area (Å²) in [5.41, 5.74) is 6.60. The Balaban J connectivity index is 1.42. The Morgan fingerprint density at radius 2 is 1.83 bits per heavy atom. The number of aliphatic hydroxyl groups excluding tert-OH is 1. The lowest BCUT2D eigenvalue weighted by Crippen LogP contribution is -2.47. The molecule has 0 spiro atoms. The van der Waals surface area contributed by atoms with Crippen LogP contribution < -0.4 is 20.5 Å². The predicted octanol–water partition coefficient (Wildman–Crippen LogP) is 2.83. The molecule has 1 heterocycles. The Bertz CT molecular complexity index is 1270. The monoisotopic (exact) mass is 485 g/mol. The third-order valence-electron chi connectivity index (χ3n) is 5.81. The van der Waals surface area contributed by atoms with Crippen LogP contribution in [0.4, 0.5) is 8.78 Å². The van der Waals surface area contributed by atoms with E-state index in [0.29, 0.717) is 6.42 Å². The van der Waals surface area contributed by atoms with Gasteiger partial charge in [-0.05, 0) is 52.6 Å². The molecule has 8 nitrogen and oxygen atoms in total. The Labute approximate surface area is 199 Å². The predicted molar refractivity (Wildman–Crippen MR) is 125 cm³/mol. The minimum atomic E-state index is -1.35. The zero-order valence-corrected chi connectivity index (χ0v) is 18.7. The summed E-state index contributed by atoms with van der Waals surface area (Å²) in [6.07, 6.45) is -0.875. The van der Waals surface area contributed by atoms with Crippen molar-refractivity contribution in [1.29, 1.82) is 0 Å². The van der Waals surface area contributed by atoms with E-state index in [1.165, 1.54) is 18.2 Å². The molecule has 0 fully saturated rings. The van der Waals surface area contributed by atoms with E-state index in [1.54, 1.807) is 18.2 Å². The first kappa shape index (κ1) is 24.4. The largest absolute Gasteiger partial charge is 0.486 e. The Kier molecular flexibility index (Phi) is 7.42. The summed E-state index contributed by atoms with van der Waals surface area (Å²) in [5.74, 6) is -1.62. The maximum absolute atomic E-state index is 14.4. The van der Waals surface area contributed by atoms with Crippen LogP contribution >= 0.6 is 0 Å². The zero-order valence-electron chi connectivity index (χ0n) is 18.7. The van der Waals surface area contributed by atoms with E-state index in [9.17, 15) is 23.9 Å². The molecule has 0 saturated carbocycles. The lowest BCUT2D eigenvalue weighted by molar-refractivity contribution is -0.116. The topological polar surface area (TPSA) is 126 Å². The van der Waals surface area contributed by atoms with Crippen LogP contribution in [0.3, 0.4) is 0 Å². The molecule has 10 heteroatoms. The Hall–Kier alpha value is -3.76. The van der Waals surface area contributed by atoms with Gasteiger partial charge in [0.25, 0.3) is 5.91 Å². The number of rotatable bonds is 8. The average molecular weight is 485 g/mol. The molecule has 0 aliphatic carbocycles. The number of aliphatic hydroxyl groups is 1. The fourth-order valence-corrected chi connectivity index (χ4v) is 3.95. The van der Waals surface area contributed by atoms with Crippen molar-refractivity contribution in [2.75, 3.05) is 19.8 Å². The number of nitrogens with one attached hydrogen (secondary N) is 1. The SMILES string of the molecule is NC[C@@H](NC(=O)/C(CCc1ccc2cc(F)ccc2c1)=N/O)[C@H](O)c1cc(F)c2c(c1)OCCO2. The number of aryl methyl sites for hydroxylation is 1. The summed E-state index contributed by atoms with van der Waals surface area (Å²) in [7, 11) is 0. The lowest BCUT2D eigenvalue weighted by Gasteiger charge is -2.25. The van der Waals surface area contributed by atoms with Gasteiger partial charge < -0.3 is 30.8 Å². The third-order valence-corrected chi connectivity index (χ3v) is 5.81. The van der Waals surface area contributed by atoms with E-state index < -0.39 is 23.9 Å². The fraction of sp³-hybridized carbons (Fsp3) is 0.280. The maximum atomic E-state index is 14.4. The maximum Gasteiger partial charge on any atom is 0.269 e. The van der Waals surface area contributed by atoms with E-state index in [2.05, 4.69) is 10.5 Å². The molecule has 1 aliphatic rings. The second-order valence-corrected chi connectivity index (χ2v) is 8.16. The number of fused-ring (bicyclic) bond motifs is 2. The highest BCUT2D eigenvalue weighted by molar-refractivity contribution is 6.38. The molecule has 3 aromatic carbocycles. The van der Waals surface area contributed by atoms with Crippen LogP contribution in [0.1, 0.15) is 23.7 Å². The quantitative estimate of drug-likeness (QED) is 0.221. The number of oxime groups is 1. The molecule has 0 saturated heterocycles. The average Bonchev–Trinajstić information content (AvgIpc) is 2.87. The molecule has 5 N–H and O–H groups in total. The second kappa shape index (κ2) is 10.7. The van der Waals surface area contributed by atoms with E-state index in [-0.39, 0.29) is 54.8 Å². The molecule has 4 rings (SSSR count). The molecule has 0 unspecified atom stereocenters. The van der Waals surface area contributed by atoms with Crippen LogP contribution in [0, 0.1) is 11.6 Å². The molecule has 0 bridgehead atoms. The van der Waals surface area contributed by atoms with Gasteiger partial charge in [-0.25, -0.2) is 8.78 Å². The molecule has 1 amide bonds. The number of amides is 1. The normalized spacial score (nSPS) is 15.0. The molecule has 2 atom stereocenters. The first-order valence-corrected chi connectivity index (χ1v) is 11.1. The molecular weight excluding hydrogens is 460 g/mol. The van der Waals surface area contributed by atoms with Crippen molar-refractivity contribution < 1.29 is 33.4 Å². The van der Waals surface area contributed by atoms with Gasteiger partial charge in [0.2, 0.25) is 0 Å². The molecule has 35 heavy (non-hydrogen) atoms. The lowest BCUT2D eigenvalue weighted by atomic mass is 10.00. The number of hydrogen-bond acceptors (Lipinski definition) is 7. The summed E-state index contributed by atoms with van der Waals surface area (Å²) in [6, 6.07) is 11.4. The van der Waals surface area contributed by atoms with E-state index in [1.807, 2.05) is 6.07 Å². The summed E-state index contributed by atoms with van der Waals surface area (Å²) < 4.78 is 38.4. The van der Waals surface area contributed by atoms with Crippen molar-refractivity contribution in [3.05, 3.63) is 71.3 Å². The van der Waals surface area contributed by atoms with Gasteiger partial charge in [-0.3, -0.25) is 4.79 Å². The summed E-state index contributed by atoms with van der Waals surface area (Å²) in [5, 5.41) is 27.4. The number of carbonyl (C=O) groups is 1. The van der Waals surface area contributed by atoms with Gasteiger partial charge in [0, 0.05) is 13.0 Å². The number of ether oxygens (including phenoxy) is 2. The number of benzene rings is 3. The van der Waals surface area contributed by atoms with Crippen LogP contribution in [0.25, 0.3) is 10.8 Å². The molecule has 0 aromatic heterocycles.